The summed E-state index contributed by atoms with van der Waals surface area (Å²) in [5.41, 5.74) is 6.71. The molecule has 0 spiro atoms. The fourth-order valence-electron chi connectivity index (χ4n) is 11.5. The van der Waals surface area contributed by atoms with Crippen molar-refractivity contribution in [1.82, 2.24) is 30.2 Å². The second kappa shape index (κ2) is 19.1. The van der Waals surface area contributed by atoms with Gasteiger partial charge < -0.3 is 29.7 Å². The molecule has 1 saturated carbocycles. The summed E-state index contributed by atoms with van der Waals surface area (Å²) in [6.45, 7) is 9.53. The summed E-state index contributed by atoms with van der Waals surface area (Å²) in [4.78, 5) is 74.9. The van der Waals surface area contributed by atoms with Crippen molar-refractivity contribution in [3.8, 4) is 5.75 Å². The topological polar surface area (TPSA) is 192 Å². The molecule has 4 amide bonds. The van der Waals surface area contributed by atoms with Crippen molar-refractivity contribution < 1.29 is 28.5 Å². The van der Waals surface area contributed by atoms with Crippen LogP contribution in [0.15, 0.2) is 65.5 Å². The lowest BCUT2D eigenvalue weighted by molar-refractivity contribution is -0.136. The van der Waals surface area contributed by atoms with Crippen LogP contribution < -0.4 is 35.8 Å². The number of nitrogens with one attached hydrogen (secondary N) is 3. The highest BCUT2D eigenvalue weighted by molar-refractivity contribution is 9.10. The molecule has 3 N–H and O–H groups in total. The minimum absolute atomic E-state index is 0.102. The van der Waals surface area contributed by atoms with Crippen molar-refractivity contribution in [2.75, 3.05) is 67.1 Å². The maximum atomic E-state index is 13.6. The van der Waals surface area contributed by atoms with Crippen LogP contribution in [-0.2, 0) is 20.6 Å². The molecule has 69 heavy (non-hydrogen) atoms. The van der Waals surface area contributed by atoms with Crippen molar-refractivity contribution in [2.24, 2.45) is 23.7 Å². The SMILES string of the molecule is CCc1cc(Nc2ncc(Br)c(Nc3ccc4nccnc4c3P(C)(C)=O)n2)c(OC)cc1N1CCC(C2CCC(CC3CN(c4ccc5c(c4)C(=O)N(C4CCC(=O)NC4=O)C5=O)C3)CC2)CC1. The Morgan fingerprint density at radius 1 is 0.812 bits per heavy atom. The van der Waals surface area contributed by atoms with Gasteiger partial charge in [-0.05, 0) is 140 Å². The summed E-state index contributed by atoms with van der Waals surface area (Å²) >= 11 is 3.60. The summed E-state index contributed by atoms with van der Waals surface area (Å²) in [6.07, 6.45) is 14.7. The van der Waals surface area contributed by atoms with Gasteiger partial charge in [-0.3, -0.25) is 39.4 Å². The summed E-state index contributed by atoms with van der Waals surface area (Å²) in [7, 11) is -1.09. The van der Waals surface area contributed by atoms with Crippen molar-refractivity contribution in [2.45, 2.75) is 77.2 Å². The first kappa shape index (κ1) is 46.8. The maximum Gasteiger partial charge on any atom is 0.262 e. The standard InChI is InChI=1S/C51H58BrN10O6P/c1-5-31-23-40(57-51-55-26-37(52)47(59-51)56-39-13-12-38-45(54-19-18-53-38)46(39)69(3,4)67)43(68-2)25-42(31)60-20-16-33(17-21-60)32-8-6-29(7-9-32)22-30-27-61(28-30)34-10-11-35-36(24-34)50(66)62(49(35)65)41-14-15-44(63)58-48(41)64/h10-13,18-19,23-26,29-30,32-33,41H,5-9,14-17,20-22,27-28H2,1-4H3,(H,58,63,64)(H2,55,56,57,59). The Labute approximate surface area is 410 Å². The molecule has 1 aliphatic carbocycles. The molecule has 1 unspecified atom stereocenters. The third kappa shape index (κ3) is 9.31. The van der Waals surface area contributed by atoms with Crippen molar-refractivity contribution in [3.63, 3.8) is 0 Å². The molecule has 2 aromatic heterocycles. The van der Waals surface area contributed by atoms with E-state index in [1.54, 1.807) is 51.2 Å². The number of nitrogens with zero attached hydrogens (tertiary/aromatic N) is 7. The lowest BCUT2D eigenvalue weighted by Gasteiger charge is -2.44. The van der Waals surface area contributed by atoms with E-state index in [1.807, 2.05) is 18.2 Å². The zero-order valence-corrected chi connectivity index (χ0v) is 41.9. The number of halogens is 1. The molecule has 0 radical (unpaired) electrons. The van der Waals surface area contributed by atoms with Crippen LogP contribution in [0.3, 0.4) is 0 Å². The van der Waals surface area contributed by atoms with E-state index in [1.165, 1.54) is 56.2 Å². The van der Waals surface area contributed by atoms with Gasteiger partial charge in [0, 0.05) is 68.6 Å². The van der Waals surface area contributed by atoms with Crippen LogP contribution >= 0.6 is 23.1 Å². The average Bonchev–Trinajstić information content (AvgIpc) is 3.58. The van der Waals surface area contributed by atoms with E-state index in [4.69, 9.17) is 9.72 Å². The van der Waals surface area contributed by atoms with E-state index in [0.29, 0.717) is 61.1 Å². The fraction of sp³-hybridized carbons (Fsp3) is 0.451. The van der Waals surface area contributed by atoms with Crippen LogP contribution in [0.25, 0.3) is 11.0 Å². The molecule has 3 aromatic carbocycles. The Kier molecular flexibility index (Phi) is 13.0. The van der Waals surface area contributed by atoms with Gasteiger partial charge in [-0.25, -0.2) is 4.98 Å². The first-order valence-electron chi connectivity index (χ1n) is 24.2. The van der Waals surface area contributed by atoms with Crippen LogP contribution in [0, 0.1) is 23.7 Å². The van der Waals surface area contributed by atoms with E-state index < -0.39 is 30.9 Å². The highest BCUT2D eigenvalue weighted by Gasteiger charge is 2.45. The molecule has 4 fully saturated rings. The average molecular weight is 1020 g/mol. The van der Waals surface area contributed by atoms with Gasteiger partial charge in [0.25, 0.3) is 11.8 Å². The number of benzene rings is 3. The van der Waals surface area contributed by atoms with Crippen LogP contribution in [0.4, 0.5) is 34.5 Å². The van der Waals surface area contributed by atoms with E-state index in [9.17, 15) is 23.7 Å². The second-order valence-electron chi connectivity index (χ2n) is 19.7. The number of carbonyl (C=O) groups excluding carboxylic acids is 4. The van der Waals surface area contributed by atoms with Crippen molar-refractivity contribution in [1.29, 1.82) is 0 Å². The van der Waals surface area contributed by atoms with Crippen LogP contribution in [-0.4, -0.2) is 101 Å². The monoisotopic (exact) mass is 1020 g/mol. The number of ether oxygens (including phenoxy) is 1. The van der Waals surface area contributed by atoms with Gasteiger partial charge in [-0.2, -0.15) is 4.98 Å². The number of imide groups is 2. The number of aromatic nitrogens is 4. The van der Waals surface area contributed by atoms with Gasteiger partial charge in [0.2, 0.25) is 17.8 Å². The molecule has 5 aliphatic rings. The largest absolute Gasteiger partial charge is 0.494 e. The van der Waals surface area contributed by atoms with Gasteiger partial charge in [0.05, 0.1) is 44.9 Å². The summed E-state index contributed by atoms with van der Waals surface area (Å²) in [5, 5.41) is 9.68. The highest BCUT2D eigenvalue weighted by atomic mass is 79.9. The highest BCUT2D eigenvalue weighted by Crippen LogP contribution is 2.45. The molecule has 360 valence electrons. The Morgan fingerprint density at radius 3 is 2.28 bits per heavy atom. The normalized spacial score (nSPS) is 21.3. The Hall–Kier alpha value is -5.93. The molecule has 10 rings (SSSR count). The smallest absolute Gasteiger partial charge is 0.262 e. The fourth-order valence-corrected chi connectivity index (χ4v) is 13.1. The zero-order chi connectivity index (χ0) is 48.1. The van der Waals surface area contributed by atoms with Crippen LogP contribution in [0.2, 0.25) is 0 Å². The first-order chi connectivity index (χ1) is 33.3. The van der Waals surface area contributed by atoms with Gasteiger partial charge in [0.15, 0.2) is 0 Å². The summed E-state index contributed by atoms with van der Waals surface area (Å²) < 4.78 is 20.2. The first-order valence-corrected chi connectivity index (χ1v) is 27.6. The molecule has 6 heterocycles. The number of rotatable bonds is 13. The number of hydrogen-bond donors (Lipinski definition) is 3. The minimum Gasteiger partial charge on any atom is -0.494 e. The van der Waals surface area contributed by atoms with Gasteiger partial charge in [0.1, 0.15) is 30.3 Å². The van der Waals surface area contributed by atoms with Gasteiger partial charge in [-0.15, -0.1) is 0 Å². The zero-order valence-electron chi connectivity index (χ0n) is 39.5. The molecule has 1 atom stereocenters. The Balaban J connectivity index is 0.714. The predicted octanol–water partition coefficient (Wildman–Crippen LogP) is 8.44. The number of amides is 4. The van der Waals surface area contributed by atoms with E-state index >= 15 is 0 Å². The van der Waals surface area contributed by atoms with Crippen LogP contribution in [0.5, 0.6) is 5.75 Å². The third-order valence-electron chi connectivity index (χ3n) is 15.0. The number of piperidine rings is 2. The molecule has 3 saturated heterocycles. The quantitative estimate of drug-likeness (QED) is 0.0752. The lowest BCUT2D eigenvalue weighted by Crippen LogP contribution is -2.54. The van der Waals surface area contributed by atoms with Crippen LogP contribution in [0.1, 0.15) is 91.0 Å². The van der Waals surface area contributed by atoms with Crippen molar-refractivity contribution in [3.05, 3.63) is 82.2 Å². The molecule has 18 heteroatoms. The van der Waals surface area contributed by atoms with E-state index in [2.05, 4.69) is 75.7 Å². The van der Waals surface area contributed by atoms with Gasteiger partial charge in [-0.1, -0.05) is 19.8 Å². The van der Waals surface area contributed by atoms with E-state index in [0.717, 1.165) is 66.6 Å². The molecule has 5 aromatic rings. The van der Waals surface area contributed by atoms with Gasteiger partial charge >= 0.3 is 0 Å². The second-order valence-corrected chi connectivity index (χ2v) is 23.7. The molecular weight excluding hydrogens is 960 g/mol. The number of aryl methyl sites for hydroxylation is 1. The summed E-state index contributed by atoms with van der Waals surface area (Å²) in [6, 6.07) is 12.5. The Morgan fingerprint density at radius 2 is 1.55 bits per heavy atom. The number of hydrogen-bond acceptors (Lipinski definition) is 14. The molecule has 16 nitrogen and oxygen atoms in total. The lowest BCUT2D eigenvalue weighted by atomic mass is 9.70. The number of fused-ring (bicyclic) bond motifs is 2. The maximum absolute atomic E-state index is 13.6. The molecular formula is C51H58BrN10O6P. The van der Waals surface area contributed by atoms with Crippen molar-refractivity contribution >= 4 is 97.6 Å². The number of anilines is 6. The number of methoxy groups -OCH3 is 1. The molecule has 4 aliphatic heterocycles. The summed E-state index contributed by atoms with van der Waals surface area (Å²) in [5.74, 6) is 2.52. The van der Waals surface area contributed by atoms with E-state index in [-0.39, 0.29) is 18.7 Å². The predicted molar refractivity (Wildman–Crippen MR) is 271 cm³/mol. The Bertz CT molecular complexity index is 2910. The third-order valence-corrected chi connectivity index (χ3v) is 17.1. The minimum atomic E-state index is -2.78. The number of carbonyl (C=O) groups is 4. The molecule has 0 bridgehead atoms.